The normalized spacial score (nSPS) is 29.9. The molecule has 1 N–H and O–H groups in total. The van der Waals surface area contributed by atoms with Gasteiger partial charge in [-0.05, 0) is 39.5 Å². The van der Waals surface area contributed by atoms with Crippen LogP contribution in [0.2, 0.25) is 0 Å². The molecule has 2 fully saturated rings. The maximum atomic E-state index is 11.9. The Bertz CT molecular complexity index is 295. The van der Waals surface area contributed by atoms with E-state index in [2.05, 4.69) is 12.2 Å². The highest BCUT2D eigenvalue weighted by Crippen LogP contribution is 2.29. The van der Waals surface area contributed by atoms with Gasteiger partial charge in [0.05, 0.1) is 12.1 Å². The van der Waals surface area contributed by atoms with Crippen LogP contribution in [0, 0.1) is 0 Å². The van der Waals surface area contributed by atoms with Crippen LogP contribution in [-0.4, -0.2) is 24.7 Å². The lowest BCUT2D eigenvalue weighted by molar-refractivity contribution is -0.119. The maximum absolute atomic E-state index is 11.9. The van der Waals surface area contributed by atoms with Gasteiger partial charge in [-0.15, -0.1) is 0 Å². The number of rotatable bonds is 2. The van der Waals surface area contributed by atoms with Crippen molar-refractivity contribution < 1.29 is 9.53 Å². The van der Waals surface area contributed by atoms with E-state index in [-0.39, 0.29) is 11.4 Å². The van der Waals surface area contributed by atoms with E-state index in [4.69, 9.17) is 4.74 Å². The Morgan fingerprint density at radius 3 is 2.67 bits per heavy atom. The molecule has 0 aromatic carbocycles. The quantitative estimate of drug-likeness (QED) is 0.704. The van der Waals surface area contributed by atoms with Crippen molar-refractivity contribution in [3.8, 4) is 0 Å². The third kappa shape index (κ3) is 2.23. The number of carbonyl (C=O) groups is 1. The van der Waals surface area contributed by atoms with Crippen molar-refractivity contribution in [2.24, 2.45) is 0 Å². The van der Waals surface area contributed by atoms with Crippen molar-refractivity contribution in [1.29, 1.82) is 0 Å². The van der Waals surface area contributed by atoms with Crippen LogP contribution >= 0.6 is 0 Å². The fraction of sp³-hybridized carbons (Fsp3) is 0.750. The number of allylic oxidation sites excluding steroid dienone is 1. The second-order valence-electron chi connectivity index (χ2n) is 4.90. The van der Waals surface area contributed by atoms with Gasteiger partial charge in [-0.25, -0.2) is 0 Å². The predicted octanol–water partition coefficient (Wildman–Crippen LogP) is 1.78. The molecule has 1 amide bonds. The van der Waals surface area contributed by atoms with E-state index in [1.165, 1.54) is 12.0 Å². The summed E-state index contributed by atoms with van der Waals surface area (Å²) in [7, 11) is 0. The van der Waals surface area contributed by atoms with Crippen LogP contribution in [-0.2, 0) is 9.53 Å². The summed E-state index contributed by atoms with van der Waals surface area (Å²) in [5.41, 5.74) is 2.10. The number of hydrogen-bond donors (Lipinski definition) is 1. The fourth-order valence-corrected chi connectivity index (χ4v) is 2.02. The fourth-order valence-electron chi connectivity index (χ4n) is 2.02. The lowest BCUT2D eigenvalue weighted by atomic mass is 9.88. The van der Waals surface area contributed by atoms with Gasteiger partial charge in [0.1, 0.15) is 0 Å². The lowest BCUT2D eigenvalue weighted by Crippen LogP contribution is -2.47. The highest BCUT2D eigenvalue weighted by Gasteiger charge is 2.32. The molecule has 0 bridgehead atoms. The Hall–Kier alpha value is -0.830. The van der Waals surface area contributed by atoms with Crippen molar-refractivity contribution in [2.45, 2.75) is 45.1 Å². The Balaban J connectivity index is 1.97. The minimum Gasteiger partial charge on any atom is -0.379 e. The second-order valence-corrected chi connectivity index (χ2v) is 4.90. The number of carbonyl (C=O) groups excluding carboxylic acids is 1. The van der Waals surface area contributed by atoms with Crippen molar-refractivity contribution >= 4 is 5.91 Å². The van der Waals surface area contributed by atoms with Gasteiger partial charge in [0.2, 0.25) is 5.91 Å². The van der Waals surface area contributed by atoms with Crippen molar-refractivity contribution in [3.63, 3.8) is 0 Å². The molecule has 1 unspecified atom stereocenters. The van der Waals surface area contributed by atoms with Crippen LogP contribution in [0.1, 0.15) is 39.5 Å². The topological polar surface area (TPSA) is 38.3 Å². The highest BCUT2D eigenvalue weighted by atomic mass is 16.5. The predicted molar refractivity (Wildman–Crippen MR) is 58.5 cm³/mol. The second kappa shape index (κ2) is 3.97. The SMILES string of the molecule is CC(C(=O)NC1(C)CCOC1)=C1CCC1. The average molecular weight is 209 g/mol. The first-order chi connectivity index (χ1) is 7.11. The molecular formula is C12H19NO2. The maximum Gasteiger partial charge on any atom is 0.247 e. The van der Waals surface area contributed by atoms with Crippen LogP contribution in [0.4, 0.5) is 0 Å². The Kier molecular flexibility index (Phi) is 2.83. The third-order valence-corrected chi connectivity index (χ3v) is 3.46. The number of nitrogens with one attached hydrogen (secondary N) is 1. The average Bonchev–Trinajstić information content (AvgIpc) is 2.48. The molecule has 2 rings (SSSR count). The van der Waals surface area contributed by atoms with Crippen LogP contribution in [0.15, 0.2) is 11.1 Å². The van der Waals surface area contributed by atoms with Gasteiger partial charge in [-0.3, -0.25) is 4.79 Å². The molecule has 3 heteroatoms. The molecule has 1 aliphatic carbocycles. The van der Waals surface area contributed by atoms with Crippen molar-refractivity contribution in [2.75, 3.05) is 13.2 Å². The number of hydrogen-bond acceptors (Lipinski definition) is 2. The van der Waals surface area contributed by atoms with Crippen LogP contribution in [0.3, 0.4) is 0 Å². The molecule has 0 spiro atoms. The van der Waals surface area contributed by atoms with Gasteiger partial charge >= 0.3 is 0 Å². The summed E-state index contributed by atoms with van der Waals surface area (Å²) >= 11 is 0. The van der Waals surface area contributed by atoms with Gasteiger partial charge in [0, 0.05) is 12.2 Å². The van der Waals surface area contributed by atoms with Crippen molar-refractivity contribution in [3.05, 3.63) is 11.1 Å². The molecule has 1 atom stereocenters. The van der Waals surface area contributed by atoms with Gasteiger partial charge in [-0.2, -0.15) is 0 Å². The van der Waals surface area contributed by atoms with E-state index in [0.29, 0.717) is 6.61 Å². The molecule has 3 nitrogen and oxygen atoms in total. The number of amides is 1. The van der Waals surface area contributed by atoms with E-state index < -0.39 is 0 Å². The van der Waals surface area contributed by atoms with Gasteiger partial charge in [0.15, 0.2) is 0 Å². The van der Waals surface area contributed by atoms with E-state index in [9.17, 15) is 4.79 Å². The van der Waals surface area contributed by atoms with E-state index in [1.54, 1.807) is 0 Å². The number of ether oxygens (including phenoxy) is 1. The molecule has 1 aliphatic heterocycles. The lowest BCUT2D eigenvalue weighted by Gasteiger charge is -2.26. The largest absolute Gasteiger partial charge is 0.379 e. The molecule has 0 radical (unpaired) electrons. The van der Waals surface area contributed by atoms with Gasteiger partial charge in [-0.1, -0.05) is 5.57 Å². The summed E-state index contributed by atoms with van der Waals surface area (Å²) in [6, 6.07) is 0. The molecular weight excluding hydrogens is 190 g/mol. The van der Waals surface area contributed by atoms with E-state index >= 15 is 0 Å². The molecule has 84 valence electrons. The van der Waals surface area contributed by atoms with E-state index in [0.717, 1.165) is 31.4 Å². The van der Waals surface area contributed by atoms with Crippen LogP contribution in [0.5, 0.6) is 0 Å². The molecule has 1 heterocycles. The smallest absolute Gasteiger partial charge is 0.247 e. The first kappa shape index (κ1) is 10.7. The molecule has 0 aromatic heterocycles. The van der Waals surface area contributed by atoms with Gasteiger partial charge in [0.25, 0.3) is 0 Å². The minimum atomic E-state index is -0.150. The molecule has 1 saturated carbocycles. The zero-order valence-corrected chi connectivity index (χ0v) is 9.56. The highest BCUT2D eigenvalue weighted by molar-refractivity contribution is 5.94. The monoisotopic (exact) mass is 209 g/mol. The zero-order valence-electron chi connectivity index (χ0n) is 9.56. The van der Waals surface area contributed by atoms with Crippen LogP contribution < -0.4 is 5.32 Å². The summed E-state index contributed by atoms with van der Waals surface area (Å²) in [5.74, 6) is 0.0951. The van der Waals surface area contributed by atoms with Crippen LogP contribution in [0.25, 0.3) is 0 Å². The first-order valence-electron chi connectivity index (χ1n) is 5.70. The Labute approximate surface area is 90.9 Å². The molecule has 15 heavy (non-hydrogen) atoms. The first-order valence-corrected chi connectivity index (χ1v) is 5.70. The minimum absolute atomic E-state index is 0.0951. The molecule has 2 aliphatic rings. The third-order valence-electron chi connectivity index (χ3n) is 3.46. The standard InChI is InChI=1S/C12H19NO2/c1-9(10-4-3-5-10)11(14)13-12(2)6-7-15-8-12/h3-8H2,1-2H3,(H,13,14). The summed E-state index contributed by atoms with van der Waals surface area (Å²) < 4.78 is 5.31. The summed E-state index contributed by atoms with van der Waals surface area (Å²) in [5, 5.41) is 3.08. The Morgan fingerprint density at radius 1 is 1.47 bits per heavy atom. The molecule has 0 aromatic rings. The summed E-state index contributed by atoms with van der Waals surface area (Å²) in [4.78, 5) is 11.9. The van der Waals surface area contributed by atoms with Crippen molar-refractivity contribution in [1.82, 2.24) is 5.32 Å². The summed E-state index contributed by atoms with van der Waals surface area (Å²) in [6.45, 7) is 5.38. The Morgan fingerprint density at radius 2 is 2.20 bits per heavy atom. The molecule has 1 saturated heterocycles. The van der Waals surface area contributed by atoms with E-state index in [1.807, 2.05) is 6.92 Å². The van der Waals surface area contributed by atoms with Gasteiger partial charge < -0.3 is 10.1 Å². The summed E-state index contributed by atoms with van der Waals surface area (Å²) in [6.07, 6.45) is 4.36. The zero-order chi connectivity index (χ0) is 10.9.